The summed E-state index contributed by atoms with van der Waals surface area (Å²) in [6.07, 6.45) is 2.99. The number of ether oxygens (including phenoxy) is 1. The third kappa shape index (κ3) is 3.66. The van der Waals surface area contributed by atoms with Gasteiger partial charge in [-0.2, -0.15) is 0 Å². The lowest BCUT2D eigenvalue weighted by Gasteiger charge is -2.24. The standard InChI is InChI=1S/C16H25ClN2O/c1-3-13(18)9-14-15(17)5-4-6-16(14)19-8-7-12(10-19)11-20-2/h4-6,12-13H,3,7-11,18H2,1-2H3. The second-order valence-corrected chi connectivity index (χ2v) is 6.07. The molecule has 0 bridgehead atoms. The van der Waals surface area contributed by atoms with Crippen LogP contribution in [0.2, 0.25) is 5.02 Å². The smallest absolute Gasteiger partial charge is 0.0508 e. The Labute approximate surface area is 127 Å². The van der Waals surface area contributed by atoms with Crippen LogP contribution in [0.15, 0.2) is 18.2 Å². The number of hydrogen-bond acceptors (Lipinski definition) is 3. The summed E-state index contributed by atoms with van der Waals surface area (Å²) in [6.45, 7) is 5.07. The van der Waals surface area contributed by atoms with Crippen molar-refractivity contribution in [2.45, 2.75) is 32.2 Å². The number of nitrogens with two attached hydrogens (primary N) is 1. The van der Waals surface area contributed by atoms with Crippen molar-refractivity contribution in [1.29, 1.82) is 0 Å². The van der Waals surface area contributed by atoms with Crippen LogP contribution in [0.1, 0.15) is 25.3 Å². The number of nitrogens with zero attached hydrogens (tertiary/aromatic N) is 1. The molecule has 2 N–H and O–H groups in total. The molecular weight excluding hydrogens is 272 g/mol. The number of methoxy groups -OCH3 is 1. The van der Waals surface area contributed by atoms with E-state index in [1.807, 2.05) is 12.1 Å². The Bertz CT molecular complexity index is 438. The molecular formula is C16H25ClN2O. The lowest BCUT2D eigenvalue weighted by atomic mass is 10.0. The summed E-state index contributed by atoms with van der Waals surface area (Å²) < 4.78 is 5.27. The Morgan fingerprint density at radius 1 is 1.50 bits per heavy atom. The first-order chi connectivity index (χ1) is 9.65. The van der Waals surface area contributed by atoms with Crippen LogP contribution in [-0.4, -0.2) is 32.8 Å². The Kier molecular flexibility index (Phi) is 5.70. The summed E-state index contributed by atoms with van der Waals surface area (Å²) in [5, 5.41) is 0.835. The summed E-state index contributed by atoms with van der Waals surface area (Å²) in [6, 6.07) is 6.33. The largest absolute Gasteiger partial charge is 0.384 e. The van der Waals surface area contributed by atoms with Gasteiger partial charge in [0.1, 0.15) is 0 Å². The van der Waals surface area contributed by atoms with Gasteiger partial charge in [-0.25, -0.2) is 0 Å². The van der Waals surface area contributed by atoms with Crippen LogP contribution >= 0.6 is 11.6 Å². The fraction of sp³-hybridized carbons (Fsp3) is 0.625. The Hall–Kier alpha value is -0.770. The van der Waals surface area contributed by atoms with Crippen LogP contribution in [0, 0.1) is 5.92 Å². The second-order valence-electron chi connectivity index (χ2n) is 5.67. The van der Waals surface area contributed by atoms with Gasteiger partial charge in [-0.1, -0.05) is 24.6 Å². The van der Waals surface area contributed by atoms with E-state index in [0.717, 1.165) is 37.6 Å². The van der Waals surface area contributed by atoms with Gasteiger partial charge in [0.25, 0.3) is 0 Å². The first kappa shape index (κ1) is 15.6. The molecule has 0 saturated carbocycles. The Balaban J connectivity index is 2.17. The van der Waals surface area contributed by atoms with Crippen molar-refractivity contribution in [2.75, 3.05) is 31.7 Å². The molecule has 2 unspecified atom stereocenters. The van der Waals surface area contributed by atoms with Crippen molar-refractivity contribution in [3.63, 3.8) is 0 Å². The molecule has 1 saturated heterocycles. The molecule has 1 fully saturated rings. The fourth-order valence-corrected chi connectivity index (χ4v) is 3.12. The highest BCUT2D eigenvalue weighted by Crippen LogP contribution is 2.32. The molecule has 1 aliphatic heterocycles. The number of anilines is 1. The van der Waals surface area contributed by atoms with Crippen LogP contribution in [0.5, 0.6) is 0 Å². The molecule has 0 spiro atoms. The minimum absolute atomic E-state index is 0.172. The van der Waals surface area contributed by atoms with Gasteiger partial charge in [0.15, 0.2) is 0 Å². The average molecular weight is 297 g/mol. The van der Waals surface area contributed by atoms with Crippen LogP contribution in [0.4, 0.5) is 5.69 Å². The lowest BCUT2D eigenvalue weighted by molar-refractivity contribution is 0.161. The van der Waals surface area contributed by atoms with E-state index in [4.69, 9.17) is 22.1 Å². The van der Waals surface area contributed by atoms with E-state index in [1.54, 1.807) is 7.11 Å². The molecule has 3 nitrogen and oxygen atoms in total. The van der Waals surface area contributed by atoms with Crippen molar-refractivity contribution in [3.05, 3.63) is 28.8 Å². The molecule has 0 aliphatic carbocycles. The van der Waals surface area contributed by atoms with E-state index in [-0.39, 0.29) is 6.04 Å². The third-order valence-electron chi connectivity index (χ3n) is 4.11. The fourth-order valence-electron chi connectivity index (χ4n) is 2.88. The number of halogens is 1. The molecule has 2 atom stereocenters. The predicted molar refractivity (Wildman–Crippen MR) is 85.6 cm³/mol. The zero-order valence-electron chi connectivity index (χ0n) is 12.4. The summed E-state index contributed by atoms with van der Waals surface area (Å²) >= 11 is 6.40. The highest BCUT2D eigenvalue weighted by molar-refractivity contribution is 6.31. The van der Waals surface area contributed by atoms with E-state index in [1.165, 1.54) is 17.7 Å². The molecule has 1 heterocycles. The molecule has 4 heteroatoms. The molecule has 0 radical (unpaired) electrons. The predicted octanol–water partition coefficient (Wildman–Crippen LogP) is 3.09. The molecule has 1 aromatic carbocycles. The highest BCUT2D eigenvalue weighted by Gasteiger charge is 2.25. The quantitative estimate of drug-likeness (QED) is 0.877. The third-order valence-corrected chi connectivity index (χ3v) is 4.47. The van der Waals surface area contributed by atoms with Crippen molar-refractivity contribution >= 4 is 17.3 Å². The first-order valence-electron chi connectivity index (χ1n) is 7.42. The monoisotopic (exact) mass is 296 g/mol. The minimum atomic E-state index is 0.172. The molecule has 112 valence electrons. The zero-order valence-corrected chi connectivity index (χ0v) is 13.2. The van der Waals surface area contributed by atoms with E-state index in [0.29, 0.717) is 5.92 Å². The van der Waals surface area contributed by atoms with Crippen molar-refractivity contribution in [3.8, 4) is 0 Å². The molecule has 1 aliphatic rings. The highest BCUT2D eigenvalue weighted by atomic mass is 35.5. The second kappa shape index (κ2) is 7.30. The molecule has 0 aromatic heterocycles. The summed E-state index contributed by atoms with van der Waals surface area (Å²) in [5.74, 6) is 0.617. The van der Waals surface area contributed by atoms with Gasteiger partial charge in [-0.3, -0.25) is 0 Å². The molecule has 0 amide bonds. The minimum Gasteiger partial charge on any atom is -0.384 e. The maximum absolute atomic E-state index is 6.40. The summed E-state index contributed by atoms with van der Waals surface area (Å²) in [5.41, 5.74) is 8.57. The molecule has 1 aromatic rings. The van der Waals surface area contributed by atoms with E-state index >= 15 is 0 Å². The normalized spacial score (nSPS) is 20.4. The maximum atomic E-state index is 6.40. The van der Waals surface area contributed by atoms with Crippen LogP contribution < -0.4 is 10.6 Å². The zero-order chi connectivity index (χ0) is 14.5. The van der Waals surface area contributed by atoms with Gasteiger partial charge >= 0.3 is 0 Å². The van der Waals surface area contributed by atoms with Crippen molar-refractivity contribution in [1.82, 2.24) is 0 Å². The van der Waals surface area contributed by atoms with Crippen molar-refractivity contribution in [2.24, 2.45) is 11.7 Å². The Morgan fingerprint density at radius 2 is 2.30 bits per heavy atom. The average Bonchev–Trinajstić information content (AvgIpc) is 2.89. The lowest BCUT2D eigenvalue weighted by Crippen LogP contribution is -2.26. The summed E-state index contributed by atoms with van der Waals surface area (Å²) in [7, 11) is 1.77. The van der Waals surface area contributed by atoms with Gasteiger partial charge in [0.2, 0.25) is 0 Å². The van der Waals surface area contributed by atoms with E-state index in [9.17, 15) is 0 Å². The summed E-state index contributed by atoms with van der Waals surface area (Å²) in [4.78, 5) is 2.42. The number of rotatable bonds is 6. The number of benzene rings is 1. The SMILES string of the molecule is CCC(N)Cc1c(Cl)cccc1N1CCC(COC)C1. The topological polar surface area (TPSA) is 38.5 Å². The van der Waals surface area contributed by atoms with E-state index in [2.05, 4.69) is 17.9 Å². The molecule has 2 rings (SSSR count). The van der Waals surface area contributed by atoms with Gasteiger partial charge in [-0.15, -0.1) is 0 Å². The van der Waals surface area contributed by atoms with Crippen LogP contribution in [0.3, 0.4) is 0 Å². The first-order valence-corrected chi connectivity index (χ1v) is 7.80. The van der Waals surface area contributed by atoms with Gasteiger partial charge in [-0.05, 0) is 37.0 Å². The maximum Gasteiger partial charge on any atom is 0.0508 e. The van der Waals surface area contributed by atoms with Crippen molar-refractivity contribution < 1.29 is 4.74 Å². The van der Waals surface area contributed by atoms with E-state index < -0.39 is 0 Å². The van der Waals surface area contributed by atoms with Crippen LogP contribution in [-0.2, 0) is 11.2 Å². The Morgan fingerprint density at radius 3 is 3.00 bits per heavy atom. The van der Waals surface area contributed by atoms with Gasteiger partial charge in [0, 0.05) is 42.9 Å². The van der Waals surface area contributed by atoms with Crippen LogP contribution in [0.25, 0.3) is 0 Å². The molecule has 20 heavy (non-hydrogen) atoms. The van der Waals surface area contributed by atoms with Gasteiger partial charge < -0.3 is 15.4 Å². The number of hydrogen-bond donors (Lipinski definition) is 1. The van der Waals surface area contributed by atoms with Gasteiger partial charge in [0.05, 0.1) is 6.61 Å².